The van der Waals surface area contributed by atoms with Gasteiger partial charge >= 0.3 is 5.97 Å². The molecular weight excluding hydrogens is 430 g/mol. The van der Waals surface area contributed by atoms with Crippen LogP contribution < -0.4 is 15.2 Å². The maximum absolute atomic E-state index is 13.2. The summed E-state index contributed by atoms with van der Waals surface area (Å²) in [5.74, 6) is -2.71. The molecule has 2 saturated carbocycles. The van der Waals surface area contributed by atoms with Gasteiger partial charge in [0.15, 0.2) is 0 Å². The lowest BCUT2D eigenvalue weighted by Gasteiger charge is -2.30. The molecule has 0 radical (unpaired) electrons. The Labute approximate surface area is 190 Å². The number of fused-ring (bicyclic) bond motifs is 2. The number of nitrogens with one attached hydrogen (secondary N) is 1. The third-order valence-corrected chi connectivity index (χ3v) is 7.37. The Hall–Kier alpha value is -2.87. The fourth-order valence-corrected chi connectivity index (χ4v) is 6.13. The number of benzene rings is 1. The van der Waals surface area contributed by atoms with Gasteiger partial charge in [0.25, 0.3) is 0 Å². The third-order valence-electron chi connectivity index (χ3n) is 6.47. The molecule has 0 saturated heterocycles. The van der Waals surface area contributed by atoms with Gasteiger partial charge in [-0.3, -0.25) is 4.79 Å². The van der Waals surface area contributed by atoms with Gasteiger partial charge < -0.3 is 24.7 Å². The zero-order chi connectivity index (χ0) is 22.8. The zero-order valence-electron chi connectivity index (χ0n) is 18.1. The first-order valence-corrected chi connectivity index (χ1v) is 11.9. The van der Waals surface area contributed by atoms with Crippen molar-refractivity contribution in [3.63, 3.8) is 0 Å². The van der Waals surface area contributed by atoms with Gasteiger partial charge in [-0.15, -0.1) is 11.3 Å². The Kier molecular flexibility index (Phi) is 6.50. The zero-order valence-corrected chi connectivity index (χ0v) is 18.9. The Balaban J connectivity index is 1.63. The minimum Gasteiger partial charge on any atom is -0.550 e. The second kappa shape index (κ2) is 9.32. The van der Waals surface area contributed by atoms with Gasteiger partial charge in [-0.2, -0.15) is 0 Å². The maximum Gasteiger partial charge on any atom is 0.341 e. The molecule has 2 aromatic rings. The first-order valence-electron chi connectivity index (χ1n) is 11.0. The molecule has 4 rings (SSSR count). The Morgan fingerprint density at radius 1 is 1.06 bits per heavy atom. The van der Waals surface area contributed by atoms with Crippen LogP contribution in [-0.4, -0.2) is 31.1 Å². The molecule has 4 atom stereocenters. The number of hydrogen-bond acceptors (Lipinski definition) is 7. The van der Waals surface area contributed by atoms with Crippen molar-refractivity contribution in [2.45, 2.75) is 33.1 Å². The van der Waals surface area contributed by atoms with Crippen molar-refractivity contribution in [2.24, 2.45) is 23.7 Å². The summed E-state index contributed by atoms with van der Waals surface area (Å²) in [6.45, 7) is 4.38. The van der Waals surface area contributed by atoms with E-state index >= 15 is 0 Å². The van der Waals surface area contributed by atoms with Crippen molar-refractivity contribution in [3.05, 3.63) is 35.2 Å². The number of anilines is 1. The average molecular weight is 457 g/mol. The van der Waals surface area contributed by atoms with E-state index in [9.17, 15) is 19.5 Å². The smallest absolute Gasteiger partial charge is 0.341 e. The normalized spacial score (nSPS) is 23.7. The number of hydrogen-bond donors (Lipinski definition) is 1. The molecule has 2 bridgehead atoms. The quantitative estimate of drug-likeness (QED) is 0.611. The van der Waals surface area contributed by atoms with Crippen molar-refractivity contribution in [1.82, 2.24) is 0 Å². The second-order valence-electron chi connectivity index (χ2n) is 8.22. The lowest BCUT2D eigenvalue weighted by Crippen LogP contribution is -2.44. The fraction of sp³-hybridized carbons (Fsp3) is 0.458. The lowest BCUT2D eigenvalue weighted by atomic mass is 9.79. The summed E-state index contributed by atoms with van der Waals surface area (Å²) in [7, 11) is 0. The fourth-order valence-electron chi connectivity index (χ4n) is 5.17. The van der Waals surface area contributed by atoms with Crippen LogP contribution in [0.3, 0.4) is 0 Å². The van der Waals surface area contributed by atoms with Gasteiger partial charge in [0.2, 0.25) is 5.91 Å². The number of esters is 1. The van der Waals surface area contributed by atoms with Crippen molar-refractivity contribution in [1.29, 1.82) is 0 Å². The van der Waals surface area contributed by atoms with Crippen LogP contribution in [0, 0.1) is 23.7 Å². The molecular formula is C24H26NO6S-. The number of carbonyl (C=O) groups is 3. The van der Waals surface area contributed by atoms with E-state index in [1.54, 1.807) is 12.3 Å². The van der Waals surface area contributed by atoms with Crippen LogP contribution in [0.25, 0.3) is 11.1 Å². The van der Waals surface area contributed by atoms with Crippen LogP contribution in [0.2, 0.25) is 0 Å². The number of carboxylic acids is 1. The van der Waals surface area contributed by atoms with Gasteiger partial charge in [-0.05, 0) is 62.6 Å². The summed E-state index contributed by atoms with van der Waals surface area (Å²) in [6.07, 6.45) is 2.41. The number of thiophene rings is 1. The molecule has 1 N–H and O–H groups in total. The van der Waals surface area contributed by atoms with E-state index in [0.717, 1.165) is 30.6 Å². The summed E-state index contributed by atoms with van der Waals surface area (Å²) in [5.41, 5.74) is 1.72. The SMILES string of the molecule is CCOC(=O)c1c(-c2ccc(OCC)cc2)csc1NC(=O)[C@H]1[C@@H]2CC[C@H](C2)[C@@H]1C(=O)[O-]. The number of carboxylic acid groups (broad SMARTS) is 1. The van der Waals surface area contributed by atoms with Crippen molar-refractivity contribution in [3.8, 4) is 16.9 Å². The van der Waals surface area contributed by atoms with Gasteiger partial charge in [0.05, 0.1) is 13.2 Å². The van der Waals surface area contributed by atoms with Crippen LogP contribution in [0.1, 0.15) is 43.5 Å². The van der Waals surface area contributed by atoms with E-state index in [4.69, 9.17) is 9.47 Å². The molecule has 1 aromatic heterocycles. The first-order chi connectivity index (χ1) is 15.4. The molecule has 2 aliphatic rings. The number of ether oxygens (including phenoxy) is 2. The molecule has 1 amide bonds. The highest BCUT2D eigenvalue weighted by molar-refractivity contribution is 7.15. The second-order valence-corrected chi connectivity index (χ2v) is 9.10. The highest BCUT2D eigenvalue weighted by Gasteiger charge is 2.51. The molecule has 7 nitrogen and oxygen atoms in total. The van der Waals surface area contributed by atoms with Crippen molar-refractivity contribution < 1.29 is 29.0 Å². The van der Waals surface area contributed by atoms with E-state index in [0.29, 0.717) is 17.2 Å². The Morgan fingerprint density at radius 2 is 1.75 bits per heavy atom. The van der Waals surface area contributed by atoms with E-state index in [2.05, 4.69) is 5.32 Å². The third kappa shape index (κ3) is 4.11. The first kappa shape index (κ1) is 22.3. The molecule has 1 aromatic carbocycles. The summed E-state index contributed by atoms with van der Waals surface area (Å²) < 4.78 is 10.7. The summed E-state index contributed by atoms with van der Waals surface area (Å²) >= 11 is 1.23. The standard InChI is InChI=1S/C24H27NO6S/c1-3-30-16-9-7-13(8-10-16)17-12-32-22(20(17)24(29)31-4-2)25-21(26)18-14-5-6-15(11-14)19(18)23(27)28/h7-10,12,14-15,18-19H,3-6,11H2,1-2H3,(H,25,26)(H,27,28)/p-1/t14-,15-,18+,19+/m1/s1. The molecule has 0 aliphatic heterocycles. The monoisotopic (exact) mass is 456 g/mol. The van der Waals surface area contributed by atoms with Gasteiger partial charge in [0, 0.05) is 28.7 Å². The minimum absolute atomic E-state index is 0.00646. The van der Waals surface area contributed by atoms with Crippen LogP contribution in [0.4, 0.5) is 5.00 Å². The molecule has 0 unspecified atom stereocenters. The van der Waals surface area contributed by atoms with Gasteiger partial charge in [-0.1, -0.05) is 12.1 Å². The minimum atomic E-state index is -1.16. The van der Waals surface area contributed by atoms with E-state index < -0.39 is 23.8 Å². The van der Waals surface area contributed by atoms with E-state index in [-0.39, 0.29) is 29.9 Å². The van der Waals surface area contributed by atoms with Crippen molar-refractivity contribution >= 4 is 34.2 Å². The maximum atomic E-state index is 13.2. The van der Waals surface area contributed by atoms with E-state index in [1.165, 1.54) is 11.3 Å². The molecule has 32 heavy (non-hydrogen) atoms. The predicted molar refractivity (Wildman–Crippen MR) is 118 cm³/mol. The topological polar surface area (TPSA) is 105 Å². The highest BCUT2D eigenvalue weighted by atomic mass is 32.1. The van der Waals surface area contributed by atoms with Crippen LogP contribution in [-0.2, 0) is 14.3 Å². The summed E-state index contributed by atoms with van der Waals surface area (Å²) in [6, 6.07) is 7.35. The van der Waals surface area contributed by atoms with Crippen LogP contribution >= 0.6 is 11.3 Å². The average Bonchev–Trinajstić information content (AvgIpc) is 3.49. The summed E-state index contributed by atoms with van der Waals surface area (Å²) in [4.78, 5) is 37.7. The van der Waals surface area contributed by atoms with Gasteiger partial charge in [-0.25, -0.2) is 4.79 Å². The van der Waals surface area contributed by atoms with Crippen molar-refractivity contribution in [2.75, 3.05) is 18.5 Å². The Bertz CT molecular complexity index is 1010. The Morgan fingerprint density at radius 3 is 2.38 bits per heavy atom. The number of carbonyl (C=O) groups excluding carboxylic acids is 3. The number of rotatable bonds is 8. The number of amides is 1. The number of aliphatic carboxylic acids is 1. The highest BCUT2D eigenvalue weighted by Crippen LogP contribution is 2.52. The molecule has 1 heterocycles. The van der Waals surface area contributed by atoms with Crippen LogP contribution in [0.15, 0.2) is 29.6 Å². The predicted octanol–water partition coefficient (Wildman–Crippen LogP) is 3.34. The lowest BCUT2D eigenvalue weighted by molar-refractivity contribution is -0.314. The molecule has 2 aliphatic carbocycles. The van der Waals surface area contributed by atoms with Gasteiger partial charge in [0.1, 0.15) is 16.3 Å². The largest absolute Gasteiger partial charge is 0.550 e. The molecule has 8 heteroatoms. The van der Waals surface area contributed by atoms with Crippen LogP contribution in [0.5, 0.6) is 5.75 Å². The van der Waals surface area contributed by atoms with E-state index in [1.807, 2.05) is 31.2 Å². The molecule has 0 spiro atoms. The molecule has 170 valence electrons. The summed E-state index contributed by atoms with van der Waals surface area (Å²) in [5, 5.41) is 16.7. The molecule has 2 fully saturated rings.